The molecule has 1 N–H and O–H groups in total. The number of anilines is 1. The largest absolute Gasteiger partial charge is 0.360 e. The van der Waals surface area contributed by atoms with Crippen LogP contribution in [0.3, 0.4) is 0 Å². The predicted molar refractivity (Wildman–Crippen MR) is 105 cm³/mol. The summed E-state index contributed by atoms with van der Waals surface area (Å²) in [7, 11) is -2.97. The number of carbonyl (C=O) groups excluding carboxylic acids is 1. The molecule has 0 aromatic carbocycles. The van der Waals surface area contributed by atoms with Gasteiger partial charge in [0, 0.05) is 29.5 Å². The van der Waals surface area contributed by atoms with E-state index in [2.05, 4.69) is 15.5 Å². The van der Waals surface area contributed by atoms with Crippen molar-refractivity contribution >= 4 is 43.9 Å². The third-order valence-electron chi connectivity index (χ3n) is 4.42. The number of hydrogen-bond acceptors (Lipinski definition) is 8. The van der Waals surface area contributed by atoms with E-state index in [9.17, 15) is 13.2 Å². The molecule has 1 atom stereocenters. The lowest BCUT2D eigenvalue weighted by Gasteiger charge is -2.16. The smallest absolute Gasteiger partial charge is 0.206 e. The summed E-state index contributed by atoms with van der Waals surface area (Å²) in [6.45, 7) is 6.59. The van der Waals surface area contributed by atoms with Gasteiger partial charge in [-0.05, 0) is 33.3 Å². The van der Waals surface area contributed by atoms with Gasteiger partial charge >= 0.3 is 0 Å². The fourth-order valence-corrected chi connectivity index (χ4v) is 6.70. The lowest BCUT2D eigenvalue weighted by molar-refractivity contribution is 0.102. The maximum Gasteiger partial charge on any atom is 0.206 e. The van der Waals surface area contributed by atoms with E-state index in [-0.39, 0.29) is 29.1 Å². The van der Waals surface area contributed by atoms with E-state index in [1.165, 1.54) is 23.1 Å². The number of nitrogens with zero attached hydrogens (tertiary/aromatic N) is 3. The van der Waals surface area contributed by atoms with Gasteiger partial charge in [-0.3, -0.25) is 4.79 Å². The zero-order valence-electron chi connectivity index (χ0n) is 15.0. The number of nitrogens with one attached hydrogen (secondary N) is 1. The van der Waals surface area contributed by atoms with Crippen LogP contribution in [0.4, 0.5) is 5.13 Å². The zero-order chi connectivity index (χ0) is 18.9. The van der Waals surface area contributed by atoms with Crippen LogP contribution in [0, 0.1) is 13.8 Å². The van der Waals surface area contributed by atoms with Gasteiger partial charge in [0.15, 0.2) is 20.0 Å². The van der Waals surface area contributed by atoms with E-state index in [0.717, 1.165) is 27.4 Å². The molecule has 0 spiro atoms. The lowest BCUT2D eigenvalue weighted by Crippen LogP contribution is -2.14. The van der Waals surface area contributed by atoms with E-state index in [4.69, 9.17) is 0 Å². The van der Waals surface area contributed by atoms with Crippen molar-refractivity contribution in [1.29, 1.82) is 0 Å². The third-order valence-corrected chi connectivity index (χ3v) is 8.18. The van der Waals surface area contributed by atoms with E-state index >= 15 is 0 Å². The molecule has 1 aliphatic heterocycles. The Morgan fingerprint density at radius 2 is 2.19 bits per heavy atom. The molecule has 26 heavy (non-hydrogen) atoms. The molecule has 1 fully saturated rings. The molecule has 0 amide bonds. The van der Waals surface area contributed by atoms with E-state index in [0.29, 0.717) is 12.0 Å². The van der Waals surface area contributed by atoms with Crippen molar-refractivity contribution in [2.24, 2.45) is 0 Å². The molecule has 3 heterocycles. The SMILES string of the molecule is CCNc1nnc(SCC(=O)c2cc(C)n([C@H]3CCS(=O)(=O)C3)c2C)s1. The van der Waals surface area contributed by atoms with Gasteiger partial charge in [0.1, 0.15) is 0 Å². The highest BCUT2D eigenvalue weighted by atomic mass is 32.2. The first-order valence-corrected chi connectivity index (χ1v) is 12.1. The van der Waals surface area contributed by atoms with Crippen molar-refractivity contribution in [2.75, 3.05) is 29.1 Å². The molecule has 0 radical (unpaired) electrons. The van der Waals surface area contributed by atoms with Gasteiger partial charge in [-0.2, -0.15) is 0 Å². The molecule has 0 saturated carbocycles. The summed E-state index contributed by atoms with van der Waals surface area (Å²) < 4.78 is 26.3. The van der Waals surface area contributed by atoms with Crippen molar-refractivity contribution in [3.05, 3.63) is 23.0 Å². The number of rotatable bonds is 7. The molecule has 3 rings (SSSR count). The van der Waals surface area contributed by atoms with Crippen LogP contribution in [0.1, 0.15) is 41.1 Å². The number of ketones is 1. The standard InChI is InChI=1S/C16H22N4O3S3/c1-4-17-15-18-19-16(25-15)24-8-14(21)13-7-10(2)20(11(13)3)12-5-6-26(22,23)9-12/h7,12H,4-6,8-9H2,1-3H3,(H,17,18)/t12-/m0/s1. The normalized spacial score (nSPS) is 19.0. The van der Waals surface area contributed by atoms with Gasteiger partial charge in [-0.15, -0.1) is 10.2 Å². The minimum atomic E-state index is -2.97. The molecule has 0 bridgehead atoms. The summed E-state index contributed by atoms with van der Waals surface area (Å²) in [5.74, 6) is 0.687. The summed E-state index contributed by atoms with van der Waals surface area (Å²) >= 11 is 2.81. The Kier molecular flexibility index (Phi) is 5.73. The average Bonchev–Trinajstić information content (AvgIpc) is 3.24. The second kappa shape index (κ2) is 7.69. The van der Waals surface area contributed by atoms with Crippen LogP contribution in [-0.4, -0.2) is 52.8 Å². The van der Waals surface area contributed by atoms with Crippen LogP contribution in [0.5, 0.6) is 0 Å². The maximum absolute atomic E-state index is 12.7. The minimum Gasteiger partial charge on any atom is -0.360 e. The molecule has 0 unspecified atom stereocenters. The summed E-state index contributed by atoms with van der Waals surface area (Å²) in [6.07, 6.45) is 0.610. The van der Waals surface area contributed by atoms with Crippen LogP contribution in [0.2, 0.25) is 0 Å². The topological polar surface area (TPSA) is 93.9 Å². The Morgan fingerprint density at radius 1 is 1.42 bits per heavy atom. The molecule has 0 aliphatic carbocycles. The first-order chi connectivity index (χ1) is 12.3. The van der Waals surface area contributed by atoms with Crippen molar-refractivity contribution in [3.63, 3.8) is 0 Å². The monoisotopic (exact) mass is 414 g/mol. The predicted octanol–water partition coefficient (Wildman–Crippen LogP) is 2.72. The van der Waals surface area contributed by atoms with Gasteiger partial charge in [0.2, 0.25) is 5.13 Å². The highest BCUT2D eigenvalue weighted by Crippen LogP contribution is 2.31. The van der Waals surface area contributed by atoms with Crippen LogP contribution in [0.15, 0.2) is 10.4 Å². The second-order valence-electron chi connectivity index (χ2n) is 6.33. The number of aromatic nitrogens is 3. The number of Topliss-reactive ketones (excluding diaryl/α,β-unsaturated/α-hetero) is 1. The van der Waals surface area contributed by atoms with Crippen molar-refractivity contribution in [2.45, 2.75) is 37.6 Å². The van der Waals surface area contributed by atoms with E-state index in [1.807, 2.05) is 31.4 Å². The Hall–Kier alpha value is -1.39. The average molecular weight is 415 g/mol. The Labute approximate surface area is 161 Å². The number of aryl methyl sites for hydroxylation is 1. The molecule has 2 aromatic rings. The third kappa shape index (κ3) is 4.12. The summed E-state index contributed by atoms with van der Waals surface area (Å²) in [5.41, 5.74) is 2.44. The van der Waals surface area contributed by atoms with Crippen molar-refractivity contribution < 1.29 is 13.2 Å². The Balaban J connectivity index is 1.70. The van der Waals surface area contributed by atoms with Crippen LogP contribution in [0.25, 0.3) is 0 Å². The fraction of sp³-hybridized carbons (Fsp3) is 0.562. The van der Waals surface area contributed by atoms with Crippen LogP contribution >= 0.6 is 23.1 Å². The van der Waals surface area contributed by atoms with Crippen LogP contribution in [-0.2, 0) is 9.84 Å². The van der Waals surface area contributed by atoms with Gasteiger partial charge < -0.3 is 9.88 Å². The molecule has 142 valence electrons. The van der Waals surface area contributed by atoms with Crippen molar-refractivity contribution in [1.82, 2.24) is 14.8 Å². The van der Waals surface area contributed by atoms with Crippen molar-refractivity contribution in [3.8, 4) is 0 Å². The summed E-state index contributed by atoms with van der Waals surface area (Å²) in [6, 6.07) is 1.80. The van der Waals surface area contributed by atoms with Crippen LogP contribution < -0.4 is 5.32 Å². The lowest BCUT2D eigenvalue weighted by atomic mass is 10.2. The highest BCUT2D eigenvalue weighted by molar-refractivity contribution is 8.01. The Bertz CT molecular complexity index is 917. The summed E-state index contributed by atoms with van der Waals surface area (Å²) in [4.78, 5) is 12.7. The maximum atomic E-state index is 12.7. The first-order valence-electron chi connectivity index (χ1n) is 8.43. The highest BCUT2D eigenvalue weighted by Gasteiger charge is 2.31. The van der Waals surface area contributed by atoms with Gasteiger partial charge in [-0.1, -0.05) is 23.1 Å². The molecule has 1 saturated heterocycles. The van der Waals surface area contributed by atoms with E-state index < -0.39 is 9.84 Å². The van der Waals surface area contributed by atoms with Gasteiger partial charge in [-0.25, -0.2) is 8.42 Å². The number of hydrogen-bond donors (Lipinski definition) is 1. The molecule has 7 nitrogen and oxygen atoms in total. The first kappa shape index (κ1) is 19.4. The van der Waals surface area contributed by atoms with E-state index in [1.54, 1.807) is 0 Å². The fourth-order valence-electron chi connectivity index (χ4n) is 3.30. The molecule has 10 heteroatoms. The van der Waals surface area contributed by atoms with Gasteiger partial charge in [0.05, 0.1) is 17.3 Å². The zero-order valence-corrected chi connectivity index (χ0v) is 17.4. The number of sulfone groups is 1. The molecule has 2 aromatic heterocycles. The molecular weight excluding hydrogens is 392 g/mol. The molecular formula is C16H22N4O3S3. The molecule has 1 aliphatic rings. The van der Waals surface area contributed by atoms with Gasteiger partial charge in [0.25, 0.3) is 0 Å². The second-order valence-corrected chi connectivity index (χ2v) is 10.8. The Morgan fingerprint density at radius 3 is 2.85 bits per heavy atom. The minimum absolute atomic E-state index is 0.0235. The summed E-state index contributed by atoms with van der Waals surface area (Å²) in [5, 5.41) is 11.9. The number of carbonyl (C=O) groups is 1. The number of thioether (sulfide) groups is 1. The quantitative estimate of drug-likeness (QED) is 0.550.